The Bertz CT molecular complexity index is 70.8. The molecule has 0 saturated heterocycles. The minimum atomic E-state index is 0. The van der Waals surface area contributed by atoms with E-state index in [0.29, 0.717) is 6.54 Å². The van der Waals surface area contributed by atoms with Crippen molar-refractivity contribution in [1.82, 2.24) is 0 Å². The molecule has 0 heterocycles. The molecule has 0 fully saturated rings. The van der Waals surface area contributed by atoms with E-state index in [1.54, 1.807) is 0 Å². The van der Waals surface area contributed by atoms with Gasteiger partial charge in [-0.25, -0.2) is 0 Å². The van der Waals surface area contributed by atoms with Crippen molar-refractivity contribution in [2.75, 3.05) is 6.54 Å². The van der Waals surface area contributed by atoms with Crippen LogP contribution in [0, 0.1) is 6.08 Å². The second-order valence-electron chi connectivity index (χ2n) is 1.02. The van der Waals surface area contributed by atoms with Gasteiger partial charge in [-0.05, 0) is 6.54 Å². The van der Waals surface area contributed by atoms with E-state index in [2.05, 4.69) is 11.1 Å². The second-order valence-corrected chi connectivity index (χ2v) is 1.02. The predicted octanol–water partition coefficient (Wildman–Crippen LogP) is 0.227. The first-order valence-corrected chi connectivity index (χ1v) is 2.07. The van der Waals surface area contributed by atoms with E-state index < -0.39 is 0 Å². The molecule has 0 unspecified atom stereocenters. The van der Waals surface area contributed by atoms with Gasteiger partial charge in [0.2, 0.25) is 0 Å². The Kier molecular flexibility index (Phi) is 13.7. The maximum absolute atomic E-state index is 5.10. The summed E-state index contributed by atoms with van der Waals surface area (Å²) in [6.45, 7) is 5.34. The average Bonchev–Trinajstić information content (AvgIpc) is 1.69. The second kappa shape index (κ2) is 10.1. The van der Waals surface area contributed by atoms with E-state index in [1.807, 2.05) is 0 Å². The van der Waals surface area contributed by atoms with Gasteiger partial charge in [0, 0.05) is 0 Å². The Morgan fingerprint density at radius 3 is 2.75 bits per heavy atom. The summed E-state index contributed by atoms with van der Waals surface area (Å²) in [5, 5.41) is 0. The maximum atomic E-state index is 5.10. The van der Waals surface area contributed by atoms with E-state index in [4.69, 9.17) is 12.5 Å². The first kappa shape index (κ1) is 10.9. The van der Waals surface area contributed by atoms with E-state index >= 15 is 0 Å². The molecule has 2 N–H and O–H groups in total. The van der Waals surface area contributed by atoms with Gasteiger partial charge >= 0.3 is 19.5 Å². The largest absolute Gasteiger partial charge is 2.00 e. The molecule has 0 aliphatic carbocycles. The van der Waals surface area contributed by atoms with Crippen LogP contribution in [-0.2, 0) is 19.5 Å². The molecular weight excluding hydrogens is 153 g/mol. The summed E-state index contributed by atoms with van der Waals surface area (Å²) in [6, 6.07) is 0. The summed E-state index contributed by atoms with van der Waals surface area (Å²) in [5.74, 6) is 0. The van der Waals surface area contributed by atoms with E-state index in [9.17, 15) is 0 Å². The molecule has 0 amide bonds. The molecule has 0 spiro atoms. The maximum Gasteiger partial charge on any atom is 2.00 e. The van der Waals surface area contributed by atoms with Crippen LogP contribution in [0.4, 0.5) is 0 Å². The summed E-state index contributed by atoms with van der Waals surface area (Å²) >= 11 is 0. The number of nitrogens with two attached hydrogens (primary N) is 1. The van der Waals surface area contributed by atoms with Crippen LogP contribution in [0.3, 0.4) is 0 Å². The van der Waals surface area contributed by atoms with Crippen molar-refractivity contribution < 1.29 is 19.5 Å². The molecule has 0 aromatic carbocycles. The average molecular weight is 162 g/mol. The molecule has 0 aliphatic rings. The van der Waals surface area contributed by atoms with E-state index in [1.165, 1.54) is 6.20 Å². The fourth-order valence-electron chi connectivity index (χ4n) is 0.201. The molecule has 0 bridgehead atoms. The molecule has 0 rings (SSSR count). The Balaban J connectivity index is 0. The molecule has 0 aromatic heterocycles. The first-order valence-electron chi connectivity index (χ1n) is 2.07. The van der Waals surface area contributed by atoms with Crippen LogP contribution in [0.2, 0.25) is 0 Å². The van der Waals surface area contributed by atoms with Crippen molar-refractivity contribution in [3.8, 4) is 0 Å². The van der Waals surface area contributed by atoms with E-state index in [-0.39, 0.29) is 19.5 Å². The van der Waals surface area contributed by atoms with Gasteiger partial charge in [-0.15, -0.1) is 0 Å². The number of rotatable bonds is 3. The Morgan fingerprint density at radius 1 is 1.75 bits per heavy atom. The third-order valence-corrected chi connectivity index (χ3v) is 0.454. The van der Waals surface area contributed by atoms with Crippen molar-refractivity contribution in [3.05, 3.63) is 12.3 Å². The normalized spacial score (nSPS) is 8.62. The van der Waals surface area contributed by atoms with Crippen LogP contribution < -0.4 is 5.73 Å². The SMILES string of the molecule is [CH-]=NC=[C-]CCN.[Zn+2]. The van der Waals surface area contributed by atoms with Gasteiger partial charge < -0.3 is 23.0 Å². The zero-order valence-corrected chi connectivity index (χ0v) is 7.77. The van der Waals surface area contributed by atoms with Crippen molar-refractivity contribution >= 4 is 6.72 Å². The summed E-state index contributed by atoms with van der Waals surface area (Å²) in [6.07, 6.45) is 4.88. The smallest absolute Gasteiger partial charge is 0.582 e. The number of nitrogens with zero attached hydrogens (tertiary/aromatic N) is 1. The summed E-state index contributed by atoms with van der Waals surface area (Å²) in [5.41, 5.74) is 5.10. The molecule has 0 aliphatic heterocycles. The van der Waals surface area contributed by atoms with Crippen LogP contribution in [0.25, 0.3) is 0 Å². The number of hydrogen-bond donors (Lipinski definition) is 1. The zero-order chi connectivity index (χ0) is 5.54. The molecule has 8 heavy (non-hydrogen) atoms. The van der Waals surface area contributed by atoms with Crippen molar-refractivity contribution in [1.29, 1.82) is 0 Å². The minimum absolute atomic E-state index is 0. The van der Waals surface area contributed by atoms with Crippen LogP contribution in [0.15, 0.2) is 11.2 Å². The fraction of sp³-hybridized carbons (Fsp3) is 0.400. The predicted molar refractivity (Wildman–Crippen MR) is 30.0 cm³/mol. The summed E-state index contributed by atoms with van der Waals surface area (Å²) in [7, 11) is 0. The molecular formula is C5H8N2Zn. The van der Waals surface area contributed by atoms with Crippen LogP contribution in [0.5, 0.6) is 0 Å². The molecule has 0 aromatic rings. The van der Waals surface area contributed by atoms with Crippen LogP contribution >= 0.6 is 0 Å². The van der Waals surface area contributed by atoms with Crippen molar-refractivity contribution in [2.24, 2.45) is 10.7 Å². The summed E-state index contributed by atoms with van der Waals surface area (Å²) in [4.78, 5) is 3.18. The monoisotopic (exact) mass is 160 g/mol. The van der Waals surface area contributed by atoms with Gasteiger partial charge in [0.1, 0.15) is 0 Å². The van der Waals surface area contributed by atoms with Crippen LogP contribution in [-0.4, -0.2) is 13.3 Å². The van der Waals surface area contributed by atoms with Crippen molar-refractivity contribution in [2.45, 2.75) is 6.42 Å². The van der Waals surface area contributed by atoms with E-state index in [0.717, 1.165) is 6.42 Å². The van der Waals surface area contributed by atoms with Gasteiger partial charge in [0.25, 0.3) is 0 Å². The topological polar surface area (TPSA) is 38.4 Å². The molecule has 3 heteroatoms. The first-order chi connectivity index (χ1) is 3.41. The Morgan fingerprint density at radius 2 is 2.38 bits per heavy atom. The van der Waals surface area contributed by atoms with Gasteiger partial charge in [-0.2, -0.15) is 13.1 Å². The molecule has 0 atom stereocenters. The van der Waals surface area contributed by atoms with Gasteiger partial charge in [0.15, 0.2) is 0 Å². The van der Waals surface area contributed by atoms with Gasteiger partial charge in [-0.3, -0.25) is 0 Å². The third kappa shape index (κ3) is 9.37. The van der Waals surface area contributed by atoms with Gasteiger partial charge in [-0.1, -0.05) is 0 Å². The summed E-state index contributed by atoms with van der Waals surface area (Å²) < 4.78 is 0. The molecule has 40 valence electrons. The third-order valence-electron chi connectivity index (χ3n) is 0.454. The number of aliphatic imine (C=N–C) groups is 1. The Labute approximate surface area is 62.6 Å². The standard InChI is InChI=1S/C5H8N2.Zn/c1-7-5-3-2-4-6;/h1,5H,2,4,6H2;/q-2;+2. The van der Waals surface area contributed by atoms with Crippen LogP contribution in [0.1, 0.15) is 6.42 Å². The number of hydrogen-bond acceptors (Lipinski definition) is 2. The zero-order valence-electron chi connectivity index (χ0n) is 4.80. The quantitative estimate of drug-likeness (QED) is 0.359. The van der Waals surface area contributed by atoms with Gasteiger partial charge in [0.05, 0.1) is 0 Å². The molecule has 0 radical (unpaired) electrons. The molecule has 0 saturated carbocycles. The molecule has 2 nitrogen and oxygen atoms in total. The fourth-order valence-corrected chi connectivity index (χ4v) is 0.201. The van der Waals surface area contributed by atoms with Crippen molar-refractivity contribution in [3.63, 3.8) is 0 Å². The Hall–Kier alpha value is -0.00662. The minimum Gasteiger partial charge on any atom is -0.582 e.